The lowest BCUT2D eigenvalue weighted by molar-refractivity contribution is 0.259. The number of likely N-dealkylation sites (N-methyl/N-ethyl adjacent to an activating group) is 2. The molecule has 0 bridgehead atoms. The van der Waals surface area contributed by atoms with Gasteiger partial charge in [-0.1, -0.05) is 27.2 Å². The molecular formula is C11H26N2. The lowest BCUT2D eigenvalue weighted by Crippen LogP contribution is -2.38. The van der Waals surface area contributed by atoms with Gasteiger partial charge >= 0.3 is 0 Å². The number of nitrogens with zero attached hydrogens (tertiary/aromatic N) is 1. The fourth-order valence-electron chi connectivity index (χ4n) is 1.75. The van der Waals surface area contributed by atoms with Gasteiger partial charge in [0.15, 0.2) is 0 Å². The average Bonchev–Trinajstić information content (AvgIpc) is 2.02. The minimum atomic E-state index is 0.661. The molecule has 0 aliphatic rings. The first-order valence-corrected chi connectivity index (χ1v) is 5.45. The van der Waals surface area contributed by atoms with Crippen molar-refractivity contribution in [2.45, 2.75) is 39.7 Å². The molecule has 80 valence electrons. The van der Waals surface area contributed by atoms with Crippen LogP contribution in [0, 0.1) is 5.92 Å². The Morgan fingerprint density at radius 3 is 2.23 bits per heavy atom. The van der Waals surface area contributed by atoms with E-state index in [4.69, 9.17) is 0 Å². The van der Waals surface area contributed by atoms with Gasteiger partial charge in [0.05, 0.1) is 0 Å². The standard InChI is InChI=1S/C11H26N2/c1-6-7-11(12-4)9-13(5)8-10(2)3/h10-12H,6-9H2,1-5H3. The van der Waals surface area contributed by atoms with Gasteiger partial charge in [0.25, 0.3) is 0 Å². The molecule has 1 atom stereocenters. The molecular weight excluding hydrogens is 160 g/mol. The third-order valence-corrected chi connectivity index (χ3v) is 2.25. The van der Waals surface area contributed by atoms with Crippen LogP contribution in [0.2, 0.25) is 0 Å². The zero-order valence-corrected chi connectivity index (χ0v) is 9.93. The van der Waals surface area contributed by atoms with Crippen LogP contribution < -0.4 is 5.32 Å². The van der Waals surface area contributed by atoms with Crippen LogP contribution in [0.15, 0.2) is 0 Å². The van der Waals surface area contributed by atoms with Gasteiger partial charge in [-0.25, -0.2) is 0 Å². The summed E-state index contributed by atoms with van der Waals surface area (Å²) in [4.78, 5) is 2.42. The van der Waals surface area contributed by atoms with E-state index < -0.39 is 0 Å². The summed E-state index contributed by atoms with van der Waals surface area (Å²) in [6.45, 7) is 9.15. The highest BCUT2D eigenvalue weighted by atomic mass is 15.1. The Morgan fingerprint density at radius 1 is 1.23 bits per heavy atom. The maximum Gasteiger partial charge on any atom is 0.0191 e. The smallest absolute Gasteiger partial charge is 0.0191 e. The largest absolute Gasteiger partial charge is 0.316 e. The van der Waals surface area contributed by atoms with Crippen molar-refractivity contribution in [1.29, 1.82) is 0 Å². The highest BCUT2D eigenvalue weighted by Gasteiger charge is 2.08. The second-order valence-corrected chi connectivity index (χ2v) is 4.39. The number of rotatable bonds is 7. The fraction of sp³-hybridized carbons (Fsp3) is 1.00. The quantitative estimate of drug-likeness (QED) is 0.654. The first-order chi connectivity index (χ1) is 6.10. The van der Waals surface area contributed by atoms with Crippen LogP contribution in [0.5, 0.6) is 0 Å². The summed E-state index contributed by atoms with van der Waals surface area (Å²) >= 11 is 0. The Labute approximate surface area is 83.7 Å². The van der Waals surface area contributed by atoms with Crippen LogP contribution in [0.3, 0.4) is 0 Å². The predicted molar refractivity (Wildman–Crippen MR) is 60.1 cm³/mol. The van der Waals surface area contributed by atoms with E-state index in [2.05, 4.69) is 45.1 Å². The molecule has 13 heavy (non-hydrogen) atoms. The Morgan fingerprint density at radius 2 is 1.85 bits per heavy atom. The van der Waals surface area contributed by atoms with E-state index in [1.54, 1.807) is 0 Å². The minimum Gasteiger partial charge on any atom is -0.316 e. The van der Waals surface area contributed by atoms with Gasteiger partial charge in [-0.3, -0.25) is 0 Å². The summed E-state index contributed by atoms with van der Waals surface area (Å²) in [6, 6.07) is 0.661. The van der Waals surface area contributed by atoms with Crippen molar-refractivity contribution in [3.63, 3.8) is 0 Å². The summed E-state index contributed by atoms with van der Waals surface area (Å²) < 4.78 is 0. The molecule has 0 aliphatic carbocycles. The van der Waals surface area contributed by atoms with Crippen molar-refractivity contribution in [2.24, 2.45) is 5.92 Å². The second-order valence-electron chi connectivity index (χ2n) is 4.39. The first-order valence-electron chi connectivity index (χ1n) is 5.45. The monoisotopic (exact) mass is 186 g/mol. The number of nitrogens with one attached hydrogen (secondary N) is 1. The van der Waals surface area contributed by atoms with Gasteiger partial charge < -0.3 is 10.2 Å². The fourth-order valence-corrected chi connectivity index (χ4v) is 1.75. The summed E-state index contributed by atoms with van der Waals surface area (Å²) in [5, 5.41) is 3.37. The molecule has 1 N–H and O–H groups in total. The van der Waals surface area contributed by atoms with Crippen molar-refractivity contribution >= 4 is 0 Å². The van der Waals surface area contributed by atoms with E-state index in [9.17, 15) is 0 Å². The van der Waals surface area contributed by atoms with Gasteiger partial charge in [-0.15, -0.1) is 0 Å². The Hall–Kier alpha value is -0.0800. The van der Waals surface area contributed by atoms with E-state index >= 15 is 0 Å². The molecule has 0 saturated heterocycles. The Bertz CT molecular complexity index is 113. The van der Waals surface area contributed by atoms with Crippen LogP contribution in [0.1, 0.15) is 33.6 Å². The molecule has 0 amide bonds. The molecule has 2 heteroatoms. The molecule has 1 unspecified atom stereocenters. The van der Waals surface area contributed by atoms with Gasteiger partial charge in [0.1, 0.15) is 0 Å². The molecule has 0 spiro atoms. The summed E-state index contributed by atoms with van der Waals surface area (Å²) in [6.07, 6.45) is 2.54. The van der Waals surface area contributed by atoms with Gasteiger partial charge in [-0.2, -0.15) is 0 Å². The predicted octanol–water partition coefficient (Wildman–Crippen LogP) is 1.96. The molecule has 0 aliphatic heterocycles. The molecule has 0 aromatic heterocycles. The van der Waals surface area contributed by atoms with Crippen molar-refractivity contribution < 1.29 is 0 Å². The molecule has 0 saturated carbocycles. The van der Waals surface area contributed by atoms with Crippen LogP contribution in [0.25, 0.3) is 0 Å². The van der Waals surface area contributed by atoms with Gasteiger partial charge in [-0.05, 0) is 26.4 Å². The third-order valence-electron chi connectivity index (χ3n) is 2.25. The van der Waals surface area contributed by atoms with E-state index in [1.807, 2.05) is 0 Å². The van der Waals surface area contributed by atoms with Crippen LogP contribution in [-0.4, -0.2) is 38.1 Å². The normalized spacial score (nSPS) is 14.1. The van der Waals surface area contributed by atoms with Crippen LogP contribution in [-0.2, 0) is 0 Å². The third kappa shape index (κ3) is 7.03. The second kappa shape index (κ2) is 7.34. The van der Waals surface area contributed by atoms with Gasteiger partial charge in [0.2, 0.25) is 0 Å². The summed E-state index contributed by atoms with van der Waals surface area (Å²) in [7, 11) is 4.27. The van der Waals surface area contributed by atoms with Crippen molar-refractivity contribution in [1.82, 2.24) is 10.2 Å². The van der Waals surface area contributed by atoms with Gasteiger partial charge in [0, 0.05) is 19.1 Å². The molecule has 0 radical (unpaired) electrons. The zero-order valence-electron chi connectivity index (χ0n) is 9.93. The topological polar surface area (TPSA) is 15.3 Å². The SMILES string of the molecule is CCCC(CN(C)CC(C)C)NC. The number of hydrogen-bond acceptors (Lipinski definition) is 2. The lowest BCUT2D eigenvalue weighted by Gasteiger charge is -2.24. The molecule has 0 fully saturated rings. The maximum absolute atomic E-state index is 3.37. The highest BCUT2D eigenvalue weighted by Crippen LogP contribution is 2.01. The summed E-state index contributed by atoms with van der Waals surface area (Å²) in [5.74, 6) is 0.768. The van der Waals surface area contributed by atoms with E-state index in [0.717, 1.165) is 5.92 Å². The Balaban J connectivity index is 3.65. The molecule has 0 heterocycles. The van der Waals surface area contributed by atoms with Crippen LogP contribution in [0.4, 0.5) is 0 Å². The van der Waals surface area contributed by atoms with Crippen molar-refractivity contribution in [3.8, 4) is 0 Å². The van der Waals surface area contributed by atoms with E-state index in [0.29, 0.717) is 6.04 Å². The van der Waals surface area contributed by atoms with E-state index in [1.165, 1.54) is 25.9 Å². The van der Waals surface area contributed by atoms with E-state index in [-0.39, 0.29) is 0 Å². The highest BCUT2D eigenvalue weighted by molar-refractivity contribution is 4.68. The van der Waals surface area contributed by atoms with Crippen LogP contribution >= 0.6 is 0 Å². The number of hydrogen-bond donors (Lipinski definition) is 1. The molecule has 0 aromatic rings. The lowest BCUT2D eigenvalue weighted by atomic mass is 10.1. The van der Waals surface area contributed by atoms with Crippen molar-refractivity contribution in [2.75, 3.05) is 27.2 Å². The molecule has 2 nitrogen and oxygen atoms in total. The average molecular weight is 186 g/mol. The van der Waals surface area contributed by atoms with Crippen molar-refractivity contribution in [3.05, 3.63) is 0 Å². The zero-order chi connectivity index (χ0) is 10.3. The first kappa shape index (κ1) is 12.9. The maximum atomic E-state index is 3.37. The minimum absolute atomic E-state index is 0.661. The molecule has 0 rings (SSSR count). The molecule has 0 aromatic carbocycles. The summed E-state index contributed by atoms with van der Waals surface area (Å²) in [5.41, 5.74) is 0. The Kier molecular flexibility index (Phi) is 7.29.